The van der Waals surface area contributed by atoms with Crippen LogP contribution in [0.3, 0.4) is 0 Å². The van der Waals surface area contributed by atoms with Crippen molar-refractivity contribution in [2.24, 2.45) is 7.05 Å². The first-order valence-electron chi connectivity index (χ1n) is 5.56. The molecule has 4 nitrogen and oxygen atoms in total. The van der Waals surface area contributed by atoms with Crippen molar-refractivity contribution < 1.29 is 4.74 Å². The lowest BCUT2D eigenvalue weighted by Crippen LogP contribution is -2.14. The van der Waals surface area contributed by atoms with Crippen LogP contribution in [-0.4, -0.2) is 30.0 Å². The zero-order valence-corrected chi connectivity index (χ0v) is 9.49. The number of nitrogens with one attached hydrogen (secondary N) is 1. The van der Waals surface area contributed by atoms with Gasteiger partial charge in [0, 0.05) is 32.7 Å². The summed E-state index contributed by atoms with van der Waals surface area (Å²) < 4.78 is 7.33. The van der Waals surface area contributed by atoms with Crippen LogP contribution in [0.4, 0.5) is 0 Å². The van der Waals surface area contributed by atoms with Gasteiger partial charge in [-0.3, -0.25) is 4.68 Å². The van der Waals surface area contributed by atoms with E-state index in [4.69, 9.17) is 4.74 Å². The maximum Gasteiger partial charge on any atom is 0.0660 e. The Morgan fingerprint density at radius 3 is 2.93 bits per heavy atom. The van der Waals surface area contributed by atoms with E-state index in [2.05, 4.69) is 16.5 Å². The lowest BCUT2D eigenvalue weighted by atomic mass is 9.96. The van der Waals surface area contributed by atoms with Crippen LogP contribution in [-0.2, 0) is 18.3 Å². The standard InChI is InChI=1S/C11H19N3O/c1-12-8-10-7-11(13-14(10)2)9-3-5-15-6-4-9/h7,9,12H,3-6,8H2,1-2H3. The molecule has 1 saturated heterocycles. The molecule has 0 saturated carbocycles. The first-order valence-corrected chi connectivity index (χ1v) is 5.56. The molecule has 4 heteroatoms. The molecule has 1 aromatic heterocycles. The summed E-state index contributed by atoms with van der Waals surface area (Å²) in [6.45, 7) is 2.64. The van der Waals surface area contributed by atoms with Gasteiger partial charge < -0.3 is 10.1 Å². The molecule has 1 aliphatic rings. The van der Waals surface area contributed by atoms with Gasteiger partial charge in [0.2, 0.25) is 0 Å². The van der Waals surface area contributed by atoms with Crippen molar-refractivity contribution in [3.05, 3.63) is 17.5 Å². The summed E-state index contributed by atoms with van der Waals surface area (Å²) in [4.78, 5) is 0. The van der Waals surface area contributed by atoms with Crippen LogP contribution in [0.15, 0.2) is 6.07 Å². The van der Waals surface area contributed by atoms with Crippen LogP contribution in [0.25, 0.3) is 0 Å². The van der Waals surface area contributed by atoms with Gasteiger partial charge in [-0.15, -0.1) is 0 Å². The second-order valence-corrected chi connectivity index (χ2v) is 4.10. The Morgan fingerprint density at radius 1 is 1.53 bits per heavy atom. The SMILES string of the molecule is CNCc1cc(C2CCOCC2)nn1C. The number of hydrogen-bond donors (Lipinski definition) is 1. The fourth-order valence-electron chi connectivity index (χ4n) is 2.07. The predicted molar refractivity (Wildman–Crippen MR) is 58.8 cm³/mol. The van der Waals surface area contributed by atoms with Crippen molar-refractivity contribution in [2.45, 2.75) is 25.3 Å². The minimum absolute atomic E-state index is 0.593. The second-order valence-electron chi connectivity index (χ2n) is 4.10. The highest BCUT2D eigenvalue weighted by Crippen LogP contribution is 2.26. The van der Waals surface area contributed by atoms with Crippen molar-refractivity contribution in [1.29, 1.82) is 0 Å². The molecule has 84 valence electrons. The molecule has 1 aliphatic heterocycles. The molecule has 2 heterocycles. The Kier molecular flexibility index (Phi) is 3.38. The van der Waals surface area contributed by atoms with Crippen LogP contribution < -0.4 is 5.32 Å². The number of ether oxygens (including phenoxy) is 1. The van der Waals surface area contributed by atoms with E-state index in [9.17, 15) is 0 Å². The zero-order valence-electron chi connectivity index (χ0n) is 9.49. The second kappa shape index (κ2) is 4.77. The topological polar surface area (TPSA) is 39.1 Å². The lowest BCUT2D eigenvalue weighted by Gasteiger charge is -2.19. The van der Waals surface area contributed by atoms with Crippen LogP contribution in [0.1, 0.15) is 30.1 Å². The fraction of sp³-hybridized carbons (Fsp3) is 0.727. The highest BCUT2D eigenvalue weighted by molar-refractivity contribution is 5.14. The fourth-order valence-corrected chi connectivity index (χ4v) is 2.07. The Balaban J connectivity index is 2.10. The molecule has 0 unspecified atom stereocenters. The minimum Gasteiger partial charge on any atom is -0.381 e. The van der Waals surface area contributed by atoms with Crippen LogP contribution in [0, 0.1) is 0 Å². The molecule has 0 spiro atoms. The molecule has 0 aromatic carbocycles. The predicted octanol–water partition coefficient (Wildman–Crippen LogP) is 1.03. The van der Waals surface area contributed by atoms with E-state index in [0.29, 0.717) is 5.92 Å². The van der Waals surface area contributed by atoms with Gasteiger partial charge in [0.05, 0.1) is 11.4 Å². The van der Waals surface area contributed by atoms with E-state index in [-0.39, 0.29) is 0 Å². The van der Waals surface area contributed by atoms with E-state index >= 15 is 0 Å². The highest BCUT2D eigenvalue weighted by atomic mass is 16.5. The Labute approximate surface area is 90.6 Å². The summed E-state index contributed by atoms with van der Waals surface area (Å²) in [7, 11) is 3.97. The molecule has 0 amide bonds. The van der Waals surface area contributed by atoms with E-state index in [0.717, 1.165) is 32.6 Å². The molecular weight excluding hydrogens is 190 g/mol. The molecule has 15 heavy (non-hydrogen) atoms. The maximum atomic E-state index is 5.36. The van der Waals surface area contributed by atoms with Crippen molar-refractivity contribution >= 4 is 0 Å². The lowest BCUT2D eigenvalue weighted by molar-refractivity contribution is 0.0844. The number of hydrogen-bond acceptors (Lipinski definition) is 3. The molecule has 2 rings (SSSR count). The van der Waals surface area contributed by atoms with Gasteiger partial charge in [-0.25, -0.2) is 0 Å². The minimum atomic E-state index is 0.593. The molecule has 0 radical (unpaired) electrons. The summed E-state index contributed by atoms with van der Waals surface area (Å²) in [5.74, 6) is 0.593. The van der Waals surface area contributed by atoms with Gasteiger partial charge in [0.15, 0.2) is 0 Å². The Bertz CT molecular complexity index is 316. The first-order chi connectivity index (χ1) is 7.31. The molecule has 0 bridgehead atoms. The van der Waals surface area contributed by atoms with Gasteiger partial charge in [-0.05, 0) is 26.0 Å². The third-order valence-corrected chi connectivity index (χ3v) is 2.99. The number of aryl methyl sites for hydroxylation is 1. The summed E-state index contributed by atoms with van der Waals surface area (Å²) >= 11 is 0. The van der Waals surface area contributed by atoms with E-state index in [1.807, 2.05) is 18.8 Å². The van der Waals surface area contributed by atoms with Gasteiger partial charge in [-0.1, -0.05) is 0 Å². The van der Waals surface area contributed by atoms with E-state index in [1.165, 1.54) is 11.4 Å². The number of nitrogens with zero attached hydrogens (tertiary/aromatic N) is 2. The molecule has 1 fully saturated rings. The van der Waals surface area contributed by atoms with E-state index < -0.39 is 0 Å². The third-order valence-electron chi connectivity index (χ3n) is 2.99. The Morgan fingerprint density at radius 2 is 2.27 bits per heavy atom. The molecule has 0 aliphatic carbocycles. The van der Waals surface area contributed by atoms with Crippen LogP contribution >= 0.6 is 0 Å². The Hall–Kier alpha value is -0.870. The van der Waals surface area contributed by atoms with Gasteiger partial charge in [0.25, 0.3) is 0 Å². The average molecular weight is 209 g/mol. The third kappa shape index (κ3) is 2.38. The number of rotatable bonds is 3. The van der Waals surface area contributed by atoms with Crippen molar-refractivity contribution in [1.82, 2.24) is 15.1 Å². The van der Waals surface area contributed by atoms with Crippen LogP contribution in [0.2, 0.25) is 0 Å². The van der Waals surface area contributed by atoms with Crippen molar-refractivity contribution in [2.75, 3.05) is 20.3 Å². The molecular formula is C11H19N3O. The normalized spacial score (nSPS) is 18.3. The largest absolute Gasteiger partial charge is 0.381 e. The zero-order chi connectivity index (χ0) is 10.7. The van der Waals surface area contributed by atoms with E-state index in [1.54, 1.807) is 0 Å². The smallest absolute Gasteiger partial charge is 0.0660 e. The first kappa shape index (κ1) is 10.6. The highest BCUT2D eigenvalue weighted by Gasteiger charge is 2.19. The number of aromatic nitrogens is 2. The van der Waals surface area contributed by atoms with Gasteiger partial charge in [0.1, 0.15) is 0 Å². The summed E-state index contributed by atoms with van der Waals surface area (Å²) in [5.41, 5.74) is 2.48. The van der Waals surface area contributed by atoms with Crippen molar-refractivity contribution in [3.8, 4) is 0 Å². The maximum absolute atomic E-state index is 5.36. The van der Waals surface area contributed by atoms with Crippen molar-refractivity contribution in [3.63, 3.8) is 0 Å². The molecule has 1 aromatic rings. The monoisotopic (exact) mass is 209 g/mol. The summed E-state index contributed by atoms with van der Waals surface area (Å²) in [5, 5.41) is 7.73. The summed E-state index contributed by atoms with van der Waals surface area (Å²) in [6, 6.07) is 2.21. The summed E-state index contributed by atoms with van der Waals surface area (Å²) in [6.07, 6.45) is 2.21. The quantitative estimate of drug-likeness (QED) is 0.808. The van der Waals surface area contributed by atoms with Gasteiger partial charge in [-0.2, -0.15) is 5.10 Å². The van der Waals surface area contributed by atoms with Gasteiger partial charge >= 0.3 is 0 Å². The molecule has 1 N–H and O–H groups in total. The van der Waals surface area contributed by atoms with Crippen LogP contribution in [0.5, 0.6) is 0 Å². The molecule has 0 atom stereocenters. The average Bonchev–Trinajstić information content (AvgIpc) is 2.63.